The van der Waals surface area contributed by atoms with Crippen LogP contribution in [-0.4, -0.2) is 23.5 Å². The number of nitrogens with zero attached hydrogens (tertiary/aromatic N) is 1. The van der Waals surface area contributed by atoms with Crippen LogP contribution in [0.25, 0.3) is 0 Å². The van der Waals surface area contributed by atoms with Crippen molar-refractivity contribution >= 4 is 0 Å². The number of piperidine rings is 1. The van der Waals surface area contributed by atoms with Crippen molar-refractivity contribution in [2.75, 3.05) is 13.1 Å². The number of rotatable bonds is 1. The van der Waals surface area contributed by atoms with Gasteiger partial charge in [-0.2, -0.15) is 0 Å². The predicted octanol–water partition coefficient (Wildman–Crippen LogP) is 3.61. The van der Waals surface area contributed by atoms with Crippen LogP contribution in [0.1, 0.15) is 52.9 Å². The number of fused-ring (bicyclic) bond motifs is 1. The van der Waals surface area contributed by atoms with E-state index in [1.807, 2.05) is 0 Å². The Morgan fingerprint density at radius 2 is 2.07 bits per heavy atom. The minimum Gasteiger partial charge on any atom is -0.297 e. The van der Waals surface area contributed by atoms with Gasteiger partial charge in [-0.15, -0.1) is 0 Å². The SMILES string of the molecule is C=C1CCN2CCCC2(CC(C)(C)C)C1. The normalized spacial score (nSPS) is 33.1. The molecule has 0 aromatic rings. The van der Waals surface area contributed by atoms with E-state index < -0.39 is 0 Å². The van der Waals surface area contributed by atoms with E-state index in [1.54, 1.807) is 0 Å². The van der Waals surface area contributed by atoms with Gasteiger partial charge in [0.25, 0.3) is 0 Å². The Bertz CT molecular complexity index is 261. The molecule has 0 N–H and O–H groups in total. The summed E-state index contributed by atoms with van der Waals surface area (Å²) in [6, 6.07) is 0. The molecule has 2 aliphatic heterocycles. The van der Waals surface area contributed by atoms with Gasteiger partial charge in [0.2, 0.25) is 0 Å². The monoisotopic (exact) mass is 207 g/mol. The smallest absolute Gasteiger partial charge is 0.0252 e. The zero-order valence-corrected chi connectivity index (χ0v) is 10.6. The van der Waals surface area contributed by atoms with E-state index in [2.05, 4.69) is 32.3 Å². The summed E-state index contributed by atoms with van der Waals surface area (Å²) in [5.74, 6) is 0. The van der Waals surface area contributed by atoms with Crippen molar-refractivity contribution in [3.63, 3.8) is 0 Å². The van der Waals surface area contributed by atoms with Crippen molar-refractivity contribution in [3.05, 3.63) is 12.2 Å². The molecule has 0 radical (unpaired) electrons. The maximum Gasteiger partial charge on any atom is 0.0252 e. The second-order valence-electron chi connectivity index (χ2n) is 6.73. The van der Waals surface area contributed by atoms with Crippen molar-refractivity contribution in [1.29, 1.82) is 0 Å². The lowest BCUT2D eigenvalue weighted by Gasteiger charge is -2.46. The second-order valence-corrected chi connectivity index (χ2v) is 6.73. The standard InChI is InChI=1S/C14H25N/c1-12-6-9-15-8-5-7-14(15,10-12)11-13(2,3)4/h1,5-11H2,2-4H3. The van der Waals surface area contributed by atoms with Gasteiger partial charge in [-0.3, -0.25) is 4.90 Å². The van der Waals surface area contributed by atoms with Gasteiger partial charge in [-0.1, -0.05) is 32.9 Å². The van der Waals surface area contributed by atoms with E-state index in [0.29, 0.717) is 11.0 Å². The highest BCUT2D eigenvalue weighted by Gasteiger charge is 2.45. The quantitative estimate of drug-likeness (QED) is 0.594. The zero-order valence-electron chi connectivity index (χ0n) is 10.6. The van der Waals surface area contributed by atoms with Crippen molar-refractivity contribution in [1.82, 2.24) is 4.90 Å². The molecule has 15 heavy (non-hydrogen) atoms. The number of hydrogen-bond acceptors (Lipinski definition) is 1. The maximum atomic E-state index is 4.22. The molecule has 2 fully saturated rings. The summed E-state index contributed by atoms with van der Waals surface area (Å²) in [7, 11) is 0. The highest BCUT2D eigenvalue weighted by atomic mass is 15.2. The molecule has 2 aliphatic rings. The Morgan fingerprint density at radius 3 is 2.73 bits per heavy atom. The van der Waals surface area contributed by atoms with Crippen LogP contribution in [-0.2, 0) is 0 Å². The number of hydrogen-bond donors (Lipinski definition) is 0. The Kier molecular flexibility index (Phi) is 2.70. The van der Waals surface area contributed by atoms with E-state index in [4.69, 9.17) is 0 Å². The molecule has 86 valence electrons. The molecule has 2 rings (SSSR count). The van der Waals surface area contributed by atoms with E-state index >= 15 is 0 Å². The fourth-order valence-corrected chi connectivity index (χ4v) is 3.64. The molecule has 0 aromatic heterocycles. The lowest BCUT2D eigenvalue weighted by Crippen LogP contribution is -2.49. The average molecular weight is 207 g/mol. The molecule has 2 saturated heterocycles. The first-order valence-electron chi connectivity index (χ1n) is 6.33. The predicted molar refractivity (Wildman–Crippen MR) is 66.0 cm³/mol. The molecule has 0 saturated carbocycles. The van der Waals surface area contributed by atoms with E-state index in [1.165, 1.54) is 50.8 Å². The highest BCUT2D eigenvalue weighted by molar-refractivity contribution is 5.13. The molecule has 2 heterocycles. The van der Waals surface area contributed by atoms with E-state index in [9.17, 15) is 0 Å². The van der Waals surface area contributed by atoms with Crippen molar-refractivity contribution in [3.8, 4) is 0 Å². The second kappa shape index (κ2) is 3.62. The van der Waals surface area contributed by atoms with Crippen LogP contribution >= 0.6 is 0 Å². The third kappa shape index (κ3) is 2.28. The first kappa shape index (κ1) is 11.2. The van der Waals surface area contributed by atoms with Crippen molar-refractivity contribution in [2.45, 2.75) is 58.4 Å². The molecule has 1 heteroatoms. The third-order valence-electron chi connectivity index (χ3n) is 3.91. The lowest BCUT2D eigenvalue weighted by atomic mass is 9.73. The minimum atomic E-state index is 0.445. The Labute approximate surface area is 94.5 Å². The van der Waals surface area contributed by atoms with Crippen molar-refractivity contribution < 1.29 is 0 Å². The summed E-state index contributed by atoms with van der Waals surface area (Å²) in [5, 5.41) is 0. The molecule has 0 bridgehead atoms. The maximum absolute atomic E-state index is 4.22. The fraction of sp³-hybridized carbons (Fsp3) is 0.857. The molecule has 0 aliphatic carbocycles. The van der Waals surface area contributed by atoms with Gasteiger partial charge in [0, 0.05) is 12.1 Å². The van der Waals surface area contributed by atoms with Gasteiger partial charge < -0.3 is 0 Å². The summed E-state index contributed by atoms with van der Waals surface area (Å²) < 4.78 is 0. The van der Waals surface area contributed by atoms with Gasteiger partial charge in [-0.25, -0.2) is 0 Å². The summed E-state index contributed by atoms with van der Waals surface area (Å²) >= 11 is 0. The third-order valence-corrected chi connectivity index (χ3v) is 3.91. The van der Waals surface area contributed by atoms with Gasteiger partial charge in [-0.05, 0) is 44.1 Å². The van der Waals surface area contributed by atoms with Crippen molar-refractivity contribution in [2.24, 2.45) is 5.41 Å². The van der Waals surface area contributed by atoms with Crippen LogP contribution in [0, 0.1) is 5.41 Å². The molecule has 0 spiro atoms. The fourth-order valence-electron chi connectivity index (χ4n) is 3.64. The van der Waals surface area contributed by atoms with E-state index in [-0.39, 0.29) is 0 Å². The minimum absolute atomic E-state index is 0.445. The van der Waals surface area contributed by atoms with Crippen LogP contribution < -0.4 is 0 Å². The summed E-state index contributed by atoms with van der Waals surface area (Å²) in [6.07, 6.45) is 6.60. The molecular weight excluding hydrogens is 182 g/mol. The molecule has 1 nitrogen and oxygen atoms in total. The first-order valence-corrected chi connectivity index (χ1v) is 6.33. The Balaban J connectivity index is 2.17. The zero-order chi connectivity index (χ0) is 11.1. The lowest BCUT2D eigenvalue weighted by molar-refractivity contribution is 0.0703. The van der Waals surface area contributed by atoms with Crippen LogP contribution in [0.15, 0.2) is 12.2 Å². The van der Waals surface area contributed by atoms with Crippen LogP contribution in [0.4, 0.5) is 0 Å². The summed E-state index contributed by atoms with van der Waals surface area (Å²) in [6.45, 7) is 13.9. The van der Waals surface area contributed by atoms with Gasteiger partial charge >= 0.3 is 0 Å². The first-order chi connectivity index (χ1) is 6.91. The Morgan fingerprint density at radius 1 is 1.33 bits per heavy atom. The average Bonchev–Trinajstić information content (AvgIpc) is 2.42. The van der Waals surface area contributed by atoms with Crippen LogP contribution in [0.5, 0.6) is 0 Å². The van der Waals surface area contributed by atoms with Gasteiger partial charge in [0.1, 0.15) is 0 Å². The molecular formula is C14H25N. The highest BCUT2D eigenvalue weighted by Crippen LogP contribution is 2.45. The molecule has 1 atom stereocenters. The largest absolute Gasteiger partial charge is 0.297 e. The topological polar surface area (TPSA) is 3.24 Å². The van der Waals surface area contributed by atoms with E-state index in [0.717, 1.165) is 0 Å². The van der Waals surface area contributed by atoms with Crippen LogP contribution in [0.2, 0.25) is 0 Å². The Hall–Kier alpha value is -0.300. The van der Waals surface area contributed by atoms with Gasteiger partial charge in [0.05, 0.1) is 0 Å². The summed E-state index contributed by atoms with van der Waals surface area (Å²) in [4.78, 5) is 2.74. The van der Waals surface area contributed by atoms with Gasteiger partial charge in [0.15, 0.2) is 0 Å². The molecule has 0 amide bonds. The van der Waals surface area contributed by atoms with Crippen LogP contribution in [0.3, 0.4) is 0 Å². The molecule has 0 aromatic carbocycles. The summed E-state index contributed by atoms with van der Waals surface area (Å²) in [5.41, 5.74) is 2.41. The molecule has 1 unspecified atom stereocenters.